The Balaban J connectivity index is 3.24. The van der Waals surface area contributed by atoms with E-state index in [0.717, 1.165) is 0 Å². The van der Waals surface area contributed by atoms with Crippen LogP contribution in [0.25, 0.3) is 0 Å². The van der Waals surface area contributed by atoms with Crippen LogP contribution in [0.1, 0.15) is 16.7 Å². The third-order valence-corrected chi connectivity index (χ3v) is 4.26. The Kier molecular flexibility index (Phi) is 7.37. The van der Waals surface area contributed by atoms with Gasteiger partial charge in [0.05, 0.1) is 24.5 Å². The van der Waals surface area contributed by atoms with Gasteiger partial charge in [0.15, 0.2) is 0 Å². The van der Waals surface area contributed by atoms with Crippen molar-refractivity contribution in [2.45, 2.75) is 13.8 Å². The number of aromatic nitrogens is 1. The van der Waals surface area contributed by atoms with E-state index in [1.54, 1.807) is 18.7 Å². The van der Waals surface area contributed by atoms with Gasteiger partial charge in [-0.3, -0.25) is 4.55 Å². The van der Waals surface area contributed by atoms with Gasteiger partial charge >= 0.3 is 0 Å². The maximum Gasteiger partial charge on any atom is 0.266 e. The second-order valence-electron chi connectivity index (χ2n) is 5.17. The van der Waals surface area contributed by atoms with Gasteiger partial charge in [-0.25, -0.2) is 4.98 Å². The minimum Gasteiger partial charge on any atom is -0.395 e. The number of nitrogens with one attached hydrogen (secondary N) is 1. The third-order valence-electron chi connectivity index (χ3n) is 3.54. The van der Waals surface area contributed by atoms with Gasteiger partial charge in [0.25, 0.3) is 10.1 Å². The van der Waals surface area contributed by atoms with Gasteiger partial charge in [-0.2, -0.15) is 13.7 Å². The van der Waals surface area contributed by atoms with Crippen LogP contribution in [0.2, 0.25) is 0 Å². The van der Waals surface area contributed by atoms with Crippen molar-refractivity contribution in [1.82, 2.24) is 4.98 Å². The van der Waals surface area contributed by atoms with Gasteiger partial charge in [-0.1, -0.05) is 0 Å². The van der Waals surface area contributed by atoms with Crippen LogP contribution >= 0.6 is 0 Å². The molecule has 0 bridgehead atoms. The van der Waals surface area contributed by atoms with E-state index in [-0.39, 0.29) is 32.8 Å². The van der Waals surface area contributed by atoms with E-state index in [1.807, 2.05) is 0 Å². The quantitative estimate of drug-likeness (QED) is 0.435. The lowest BCUT2D eigenvalue weighted by Crippen LogP contribution is -2.32. The summed E-state index contributed by atoms with van der Waals surface area (Å²) in [5.74, 6) is 0.212. The maximum atomic E-state index is 10.8. The van der Waals surface area contributed by atoms with Crippen molar-refractivity contribution < 1.29 is 23.2 Å². The summed E-state index contributed by atoms with van der Waals surface area (Å²) in [5, 5.41) is 30.6. The average Bonchev–Trinajstić information content (AvgIpc) is 2.50. The monoisotopic (exact) mass is 358 g/mol. The Morgan fingerprint density at radius 3 is 2.25 bits per heavy atom. The number of hydrogen-bond donors (Lipinski definition) is 4. The van der Waals surface area contributed by atoms with Crippen LogP contribution in [0.15, 0.2) is 0 Å². The van der Waals surface area contributed by atoms with Crippen LogP contribution in [0.5, 0.6) is 0 Å². The second kappa shape index (κ2) is 8.79. The summed E-state index contributed by atoms with van der Waals surface area (Å²) in [4.78, 5) is 5.94. The first-order valence-electron chi connectivity index (χ1n) is 7.32. The molecule has 134 valence electrons. The molecule has 24 heavy (non-hydrogen) atoms. The van der Waals surface area contributed by atoms with E-state index in [1.165, 1.54) is 0 Å². The first-order chi connectivity index (χ1) is 11.2. The first kappa shape index (κ1) is 20.1. The zero-order chi connectivity index (χ0) is 18.3. The molecular weight excluding hydrogens is 336 g/mol. The van der Waals surface area contributed by atoms with Crippen molar-refractivity contribution in [3.05, 3.63) is 16.7 Å². The van der Waals surface area contributed by atoms with Crippen molar-refractivity contribution >= 4 is 21.8 Å². The summed E-state index contributed by atoms with van der Waals surface area (Å²) >= 11 is 0. The normalized spacial score (nSPS) is 11.2. The van der Waals surface area contributed by atoms with Crippen molar-refractivity contribution in [3.63, 3.8) is 0 Å². The van der Waals surface area contributed by atoms with E-state index in [9.17, 15) is 13.7 Å². The summed E-state index contributed by atoms with van der Waals surface area (Å²) in [5.41, 5.74) is 1.67. The van der Waals surface area contributed by atoms with Gasteiger partial charge in [0, 0.05) is 19.6 Å². The van der Waals surface area contributed by atoms with E-state index in [4.69, 9.17) is 14.8 Å². The molecule has 9 nitrogen and oxygen atoms in total. The molecule has 10 heteroatoms. The Hall–Kier alpha value is -1.93. The number of pyridine rings is 1. The van der Waals surface area contributed by atoms with Crippen molar-refractivity contribution in [2.75, 3.05) is 48.8 Å². The minimum absolute atomic E-state index is 0.0442. The molecular formula is C14H22N4O5S. The second-order valence-corrected chi connectivity index (χ2v) is 6.74. The molecule has 0 aliphatic carbocycles. The van der Waals surface area contributed by atoms with Gasteiger partial charge in [0.1, 0.15) is 17.7 Å². The molecule has 1 aromatic heterocycles. The highest BCUT2D eigenvalue weighted by molar-refractivity contribution is 7.85. The third kappa shape index (κ3) is 5.31. The lowest BCUT2D eigenvalue weighted by Gasteiger charge is -2.25. The van der Waals surface area contributed by atoms with E-state index in [2.05, 4.69) is 16.4 Å². The topological polar surface area (TPSA) is 147 Å². The summed E-state index contributed by atoms with van der Waals surface area (Å²) in [6.45, 7) is 3.46. The largest absolute Gasteiger partial charge is 0.395 e. The first-order valence-corrected chi connectivity index (χ1v) is 8.93. The van der Waals surface area contributed by atoms with E-state index >= 15 is 0 Å². The van der Waals surface area contributed by atoms with Crippen LogP contribution < -0.4 is 10.2 Å². The van der Waals surface area contributed by atoms with Crippen molar-refractivity contribution in [1.29, 1.82) is 5.26 Å². The van der Waals surface area contributed by atoms with E-state index in [0.29, 0.717) is 28.3 Å². The molecule has 0 saturated heterocycles. The number of nitriles is 1. The van der Waals surface area contributed by atoms with Gasteiger partial charge in [-0.15, -0.1) is 0 Å². The molecule has 0 fully saturated rings. The molecule has 0 spiro atoms. The molecule has 1 rings (SSSR count). The predicted octanol–water partition coefficient (Wildman–Crippen LogP) is -0.339. The van der Waals surface area contributed by atoms with Crippen LogP contribution in [-0.4, -0.2) is 66.8 Å². The van der Waals surface area contributed by atoms with Crippen LogP contribution in [0.4, 0.5) is 11.6 Å². The van der Waals surface area contributed by atoms with Crippen molar-refractivity contribution in [2.24, 2.45) is 0 Å². The molecule has 1 heterocycles. The predicted molar refractivity (Wildman–Crippen MR) is 89.7 cm³/mol. The fraction of sp³-hybridized carbons (Fsp3) is 0.571. The Bertz CT molecular complexity index is 709. The SMILES string of the molecule is Cc1c(NCCS(=O)(=O)O)nc(N(CCO)CCO)c(C#N)c1C. The molecule has 0 unspecified atom stereocenters. The maximum absolute atomic E-state index is 10.8. The smallest absolute Gasteiger partial charge is 0.266 e. The fourth-order valence-corrected chi connectivity index (χ4v) is 2.54. The number of hydrogen-bond acceptors (Lipinski definition) is 8. The summed E-state index contributed by atoms with van der Waals surface area (Å²) < 4.78 is 30.4. The van der Waals surface area contributed by atoms with Crippen LogP contribution in [0.3, 0.4) is 0 Å². The molecule has 0 aliphatic heterocycles. The highest BCUT2D eigenvalue weighted by atomic mass is 32.2. The molecule has 0 aliphatic rings. The number of nitrogens with zero attached hydrogens (tertiary/aromatic N) is 3. The Morgan fingerprint density at radius 1 is 1.21 bits per heavy atom. The zero-order valence-electron chi connectivity index (χ0n) is 13.7. The van der Waals surface area contributed by atoms with Crippen LogP contribution in [0, 0.1) is 25.2 Å². The molecule has 0 amide bonds. The number of rotatable bonds is 9. The minimum atomic E-state index is -4.09. The Morgan fingerprint density at radius 2 is 1.79 bits per heavy atom. The summed E-state index contributed by atoms with van der Waals surface area (Å²) in [6, 6.07) is 2.08. The highest BCUT2D eigenvalue weighted by Crippen LogP contribution is 2.28. The van der Waals surface area contributed by atoms with Gasteiger partial charge < -0.3 is 20.4 Å². The lowest BCUT2D eigenvalue weighted by molar-refractivity contribution is 0.280. The summed E-state index contributed by atoms with van der Waals surface area (Å²) in [6.07, 6.45) is 0. The molecule has 0 atom stereocenters. The number of anilines is 2. The van der Waals surface area contributed by atoms with Gasteiger partial charge in [0.2, 0.25) is 0 Å². The number of aliphatic hydroxyl groups is 2. The fourth-order valence-electron chi connectivity index (χ4n) is 2.18. The molecule has 0 radical (unpaired) electrons. The number of aliphatic hydroxyl groups excluding tert-OH is 2. The van der Waals surface area contributed by atoms with Crippen molar-refractivity contribution in [3.8, 4) is 6.07 Å². The molecule has 0 aromatic carbocycles. The van der Waals surface area contributed by atoms with Gasteiger partial charge in [-0.05, 0) is 25.0 Å². The highest BCUT2D eigenvalue weighted by Gasteiger charge is 2.19. The lowest BCUT2D eigenvalue weighted by atomic mass is 10.0. The standard InChI is InChI=1S/C14H22N4O5S/c1-10-11(2)13(16-3-8-24(21,22)23)17-14(12(10)9-15)18(4-6-19)5-7-20/h19-20H,3-8H2,1-2H3,(H,16,17)(H,21,22,23). The molecule has 1 aromatic rings. The molecule has 0 saturated carbocycles. The summed E-state index contributed by atoms with van der Waals surface area (Å²) in [7, 11) is -4.09. The van der Waals surface area contributed by atoms with Crippen LogP contribution in [-0.2, 0) is 10.1 Å². The Labute approximate surface area is 141 Å². The molecule has 4 N–H and O–H groups in total. The average molecular weight is 358 g/mol. The van der Waals surface area contributed by atoms with E-state index < -0.39 is 15.9 Å². The zero-order valence-corrected chi connectivity index (χ0v) is 14.5.